The van der Waals surface area contributed by atoms with Crippen molar-refractivity contribution in [2.45, 2.75) is 45.7 Å². The predicted octanol–water partition coefficient (Wildman–Crippen LogP) is 6.29. The number of phenolic OH excluding ortho intramolecular Hbond substituents is 2. The minimum Gasteiger partial charge on any atom is -0.744 e. The van der Waals surface area contributed by atoms with E-state index in [2.05, 4.69) is 71.6 Å². The Bertz CT molecular complexity index is 6610. The fourth-order valence-corrected chi connectivity index (χ4v) is 15.8. The lowest BCUT2D eigenvalue weighted by molar-refractivity contribution is 0.457. The van der Waals surface area contributed by atoms with Crippen LogP contribution in [0, 0.1) is 0 Å². The van der Waals surface area contributed by atoms with E-state index in [-0.39, 0.29) is 18.2 Å². The van der Waals surface area contributed by atoms with Gasteiger partial charge in [-0.1, -0.05) is 48.5 Å². The topological polar surface area (TPSA) is 673 Å². The number of fused-ring (bicyclic) bond motifs is 4. The van der Waals surface area contributed by atoms with Gasteiger partial charge in [0.15, 0.2) is 11.5 Å². The Morgan fingerprint density at radius 1 is 0.369 bits per heavy atom. The van der Waals surface area contributed by atoms with Crippen LogP contribution in [0.2, 0.25) is 10.6 Å². The minimum absolute atomic E-state index is 0.148. The normalized spacial score (nSPS) is 13.0. The lowest BCUT2D eigenvalue weighted by Crippen LogP contribution is -2.09. The first kappa shape index (κ1) is 74.1. The number of azo groups is 2. The summed E-state index contributed by atoms with van der Waals surface area (Å²) in [7, 11) is -44.7. The van der Waals surface area contributed by atoms with E-state index in [0.717, 1.165) is 48.5 Å². The number of aromatic hydroxyl groups is 2. The van der Waals surface area contributed by atoms with Crippen LogP contribution in [-0.4, -0.2) is 144 Å². The van der Waals surface area contributed by atoms with Crippen molar-refractivity contribution in [2.75, 3.05) is 21.3 Å². The van der Waals surface area contributed by atoms with E-state index in [1.54, 1.807) is 0 Å². The van der Waals surface area contributed by atoms with Crippen LogP contribution in [0.3, 0.4) is 0 Å². The largest absolute Gasteiger partial charge is 0.744 e. The van der Waals surface area contributed by atoms with Gasteiger partial charge >= 0.3 is 0 Å². The maximum Gasteiger partial charge on any atom is 0.233 e. The van der Waals surface area contributed by atoms with Crippen LogP contribution < -0.4 is 21.3 Å². The third-order valence-corrected chi connectivity index (χ3v) is 21.5. The van der Waals surface area contributed by atoms with Crippen molar-refractivity contribution in [1.82, 2.24) is 29.9 Å². The van der Waals surface area contributed by atoms with Crippen molar-refractivity contribution in [3.63, 3.8) is 0 Å². The molecule has 0 bridgehead atoms. The van der Waals surface area contributed by atoms with E-state index in [1.165, 1.54) is 24.3 Å². The number of hydrogen-bond donors (Lipinski definition) is 6. The van der Waals surface area contributed by atoms with Gasteiger partial charge in [0.1, 0.15) is 104 Å². The van der Waals surface area contributed by atoms with Crippen LogP contribution in [0.15, 0.2) is 181 Å². The molecule has 9 aromatic carbocycles. The molecular weight excluding hydrogens is 1580 g/mol. The zero-order valence-corrected chi connectivity index (χ0v) is 57.5. The van der Waals surface area contributed by atoms with Crippen LogP contribution in [0.4, 0.5) is 63.6 Å². The third kappa shape index (κ3) is 15.8. The molecular formula is C53H28Cl2N14O26S8-8. The van der Waals surface area contributed by atoms with E-state index in [0.29, 0.717) is 54.1 Å². The molecule has 11 rings (SSSR count). The summed E-state index contributed by atoms with van der Waals surface area (Å²) in [5.74, 6) is -4.76. The maximum absolute atomic E-state index is 12.8. The second-order valence-electron chi connectivity index (χ2n) is 20.8. The fourth-order valence-electron chi connectivity index (χ4n) is 10.1. The number of benzene rings is 9. The molecule has 103 heavy (non-hydrogen) atoms. The fraction of sp³-hybridized carbons (Fsp3) is 0.0189. The molecule has 0 amide bonds. The number of nitrogens with one attached hydrogen (secondary N) is 4. The summed E-state index contributed by atoms with van der Waals surface area (Å²) < 4.78 is 299. The van der Waals surface area contributed by atoms with Gasteiger partial charge in [0, 0.05) is 44.5 Å². The molecule has 0 atom stereocenters. The van der Waals surface area contributed by atoms with Gasteiger partial charge in [-0.2, -0.15) is 29.9 Å². The summed E-state index contributed by atoms with van der Waals surface area (Å²) in [4.78, 5) is 14.4. The molecule has 2 aromatic heterocycles. The molecule has 0 saturated carbocycles. The van der Waals surface area contributed by atoms with E-state index < -0.39 is 237 Å². The SMILES string of the molecule is O=S(=O)([O-])c1cc(Nc2nc(Cl)nc(NCc3cccc(Nc4nc(Cl)nc(Nc5cc(S(=O)(=O)[O-])cc6cc(S(=O)(=O)[O-])c(N=Nc7ccc8c(S(=O)(=O)[O-])cccc8c7S(=O)(=O)[O-])c(O)c56)n4)c3)n2)c2c(O)c(N=Nc3ccc4c(S(=O)(=O)[O-])cccc4c3S(=O)(=O)[O-])c(S(=O)(=O)[O-])cc2c1. The Balaban J connectivity index is 0.894. The van der Waals surface area contributed by atoms with E-state index in [4.69, 9.17) is 23.2 Å². The first-order valence-electron chi connectivity index (χ1n) is 27.0. The number of rotatable bonds is 21. The lowest BCUT2D eigenvalue weighted by atomic mass is 10.1. The second kappa shape index (κ2) is 26.6. The Labute approximate surface area is 587 Å². The molecule has 40 nitrogen and oxygen atoms in total. The lowest BCUT2D eigenvalue weighted by Gasteiger charge is -2.19. The van der Waals surface area contributed by atoms with Crippen molar-refractivity contribution >= 4 is 211 Å². The highest BCUT2D eigenvalue weighted by molar-refractivity contribution is 7.88. The van der Waals surface area contributed by atoms with Crippen LogP contribution in [0.1, 0.15) is 5.56 Å². The number of halogens is 2. The molecule has 0 spiro atoms. The Kier molecular flexibility index (Phi) is 19.1. The first-order valence-corrected chi connectivity index (χ1v) is 39.0. The average molecular weight is 1600 g/mol. The van der Waals surface area contributed by atoms with Crippen LogP contribution >= 0.6 is 23.2 Å². The highest BCUT2D eigenvalue weighted by Crippen LogP contribution is 2.49. The zero-order valence-electron chi connectivity index (χ0n) is 49.4. The first-order chi connectivity index (χ1) is 47.7. The van der Waals surface area contributed by atoms with Gasteiger partial charge in [-0.25, -0.2) is 67.3 Å². The standard InChI is InChI=1S/C53H36Cl2N14O26S8/c54-48-60-50(64-52(62-48)58-34-19-26(96(72,73)74)15-23-17-38(100(84,85)86)42(44(70)40(23)34)68-66-32-12-10-28-30(46(32)102(90,91)92)6-2-8-36(28)98(78,79)80)56-21-22-4-1-5-25(14-22)57-51-61-49(55)63-53(65-51)59-35-20-27(97(75,76)77)16-24-18-39(101(87,88)89)43(45(71)41(24)35)69-67-33-13-11-29-31(47(33)103(93,94)95)7-3-9-37(29)99(81,82)83/h1-20,70-71H,21H2,(H,72,73,74)(H,75,76,77)(H,78,79,80)(H,81,82,83)(H,84,85,86)(H,87,88,89)(H,90,91,92)(H,93,94,95)(H2,56,58,60,62,64)(H2,57,59,61,63,65)/p-8. The number of anilines is 7. The molecule has 0 saturated heterocycles. The van der Waals surface area contributed by atoms with Crippen LogP contribution in [0.5, 0.6) is 11.5 Å². The zero-order chi connectivity index (χ0) is 75.2. The summed E-state index contributed by atoms with van der Waals surface area (Å²) in [6.45, 7) is -0.233. The molecule has 0 fully saturated rings. The molecule has 11 aromatic rings. The quantitative estimate of drug-likeness (QED) is 0.0340. The van der Waals surface area contributed by atoms with E-state index in [9.17, 15) is 114 Å². The monoisotopic (exact) mass is 1600 g/mol. The molecule has 0 aliphatic carbocycles. The highest BCUT2D eigenvalue weighted by Gasteiger charge is 2.27. The Morgan fingerprint density at radius 2 is 0.748 bits per heavy atom. The molecule has 0 unspecified atom stereocenters. The van der Waals surface area contributed by atoms with Crippen LogP contribution in [-0.2, 0) is 87.5 Å². The molecule has 6 N–H and O–H groups in total. The number of aromatic nitrogens is 6. The van der Waals surface area contributed by atoms with Crippen molar-refractivity contribution in [2.24, 2.45) is 20.5 Å². The molecule has 0 aliphatic heterocycles. The summed E-state index contributed by atoms with van der Waals surface area (Å²) in [5, 5.41) is 42.0. The Morgan fingerprint density at radius 3 is 1.14 bits per heavy atom. The van der Waals surface area contributed by atoms with Gasteiger partial charge in [-0.15, -0.1) is 20.5 Å². The van der Waals surface area contributed by atoms with Crippen LogP contribution in [0.25, 0.3) is 43.1 Å². The molecule has 50 heteroatoms. The van der Waals surface area contributed by atoms with Crippen molar-refractivity contribution in [3.05, 3.63) is 137 Å². The number of nitrogens with zero attached hydrogens (tertiary/aromatic N) is 10. The molecule has 2 heterocycles. The van der Waals surface area contributed by atoms with Gasteiger partial charge in [0.05, 0.1) is 50.5 Å². The maximum atomic E-state index is 12.8. The molecule has 0 radical (unpaired) electrons. The average Bonchev–Trinajstić information content (AvgIpc) is 0.760. The van der Waals surface area contributed by atoms with Gasteiger partial charge in [0.25, 0.3) is 0 Å². The van der Waals surface area contributed by atoms with Crippen molar-refractivity contribution < 1.29 is 114 Å². The Hall–Kier alpha value is -10.1. The molecule has 536 valence electrons. The summed E-state index contributed by atoms with van der Waals surface area (Å²) in [6.07, 6.45) is 0. The number of phenols is 2. The smallest absolute Gasteiger partial charge is 0.233 e. The predicted molar refractivity (Wildman–Crippen MR) is 344 cm³/mol. The summed E-state index contributed by atoms with van der Waals surface area (Å²) >= 11 is 12.5. The van der Waals surface area contributed by atoms with Crippen molar-refractivity contribution in [1.29, 1.82) is 0 Å². The number of hydrogen-bond acceptors (Lipinski definition) is 40. The highest BCUT2D eigenvalue weighted by atomic mass is 35.5. The molecule has 0 aliphatic rings. The minimum atomic E-state index is -5.84. The summed E-state index contributed by atoms with van der Waals surface area (Å²) in [5.41, 5.74) is -5.34. The van der Waals surface area contributed by atoms with E-state index >= 15 is 0 Å². The second-order valence-corrected chi connectivity index (χ2v) is 32.2. The van der Waals surface area contributed by atoms with E-state index in [1.807, 2.05) is 0 Å². The summed E-state index contributed by atoms with van der Waals surface area (Å²) in [6, 6.07) is 17.3. The van der Waals surface area contributed by atoms with Gasteiger partial charge in [0.2, 0.25) is 34.4 Å². The van der Waals surface area contributed by atoms with Gasteiger partial charge in [-0.3, -0.25) is 0 Å². The third-order valence-electron chi connectivity index (χ3n) is 14.2. The van der Waals surface area contributed by atoms with Gasteiger partial charge in [-0.05, 0) is 112 Å². The van der Waals surface area contributed by atoms with Gasteiger partial charge < -0.3 is 67.9 Å². The van der Waals surface area contributed by atoms with Crippen molar-refractivity contribution in [3.8, 4) is 11.5 Å².